The van der Waals surface area contributed by atoms with Crippen LogP contribution in [-0.2, 0) is 0 Å². The second-order valence-electron chi connectivity index (χ2n) is 12.5. The molecule has 0 radical (unpaired) electrons. The van der Waals surface area contributed by atoms with Gasteiger partial charge < -0.3 is 9.13 Å². The first-order chi connectivity index (χ1) is 23.3. The highest BCUT2D eigenvalue weighted by molar-refractivity contribution is 8.01. The first-order valence-electron chi connectivity index (χ1n) is 16.1. The fourth-order valence-corrected chi connectivity index (χ4v) is 10.6. The lowest BCUT2D eigenvalue weighted by atomic mass is 9.36. The van der Waals surface area contributed by atoms with Crippen molar-refractivity contribution < 1.29 is 0 Å². The highest BCUT2D eigenvalue weighted by Gasteiger charge is 2.38. The predicted molar refractivity (Wildman–Crippen MR) is 201 cm³/mol. The Kier molecular flexibility index (Phi) is 5.38. The van der Waals surface area contributed by atoms with Crippen molar-refractivity contribution in [1.82, 2.24) is 9.13 Å². The van der Waals surface area contributed by atoms with E-state index in [4.69, 9.17) is 0 Å². The summed E-state index contributed by atoms with van der Waals surface area (Å²) in [4.78, 5) is 5.40. The Morgan fingerprint density at radius 2 is 0.851 bits per heavy atom. The molecule has 0 spiro atoms. The quantitative estimate of drug-likeness (QED) is 0.176. The zero-order chi connectivity index (χ0) is 30.6. The SMILES string of the molecule is c1ccc(-n2c3ccccc3c3ccc4c5ccccc5n(-c5cc6c7c(c5)Sc5ccccc5B7c5ccccc5S6)c4c32)cc1. The largest absolute Gasteiger partial charge is 0.307 e. The van der Waals surface area contributed by atoms with Gasteiger partial charge in [-0.3, -0.25) is 0 Å². The van der Waals surface area contributed by atoms with Crippen molar-refractivity contribution in [2.24, 2.45) is 0 Å². The summed E-state index contributed by atoms with van der Waals surface area (Å²) in [6.45, 7) is 0.245. The summed E-state index contributed by atoms with van der Waals surface area (Å²) in [6.07, 6.45) is 0. The van der Waals surface area contributed by atoms with Crippen LogP contribution in [0.1, 0.15) is 0 Å². The van der Waals surface area contributed by atoms with Crippen molar-refractivity contribution in [3.63, 3.8) is 0 Å². The first kappa shape index (κ1) is 26.0. The van der Waals surface area contributed by atoms with E-state index in [0.29, 0.717) is 0 Å². The fraction of sp³-hybridized carbons (Fsp3) is 0. The minimum absolute atomic E-state index is 0.245. The Morgan fingerprint density at radius 3 is 1.43 bits per heavy atom. The molecule has 2 aliphatic heterocycles. The maximum absolute atomic E-state index is 2.54. The summed E-state index contributed by atoms with van der Waals surface area (Å²) in [5.41, 5.74) is 11.6. The van der Waals surface area contributed by atoms with Gasteiger partial charge in [0.25, 0.3) is 0 Å². The fourth-order valence-electron chi connectivity index (χ4n) is 8.12. The molecule has 11 rings (SSSR count). The third-order valence-corrected chi connectivity index (χ3v) is 12.3. The number of para-hydroxylation sites is 3. The van der Waals surface area contributed by atoms with Gasteiger partial charge in [-0.2, -0.15) is 0 Å². The normalized spacial score (nSPS) is 13.3. The molecule has 0 amide bonds. The molecule has 5 heteroatoms. The van der Waals surface area contributed by atoms with Crippen molar-refractivity contribution in [1.29, 1.82) is 0 Å². The first-order valence-corrected chi connectivity index (χ1v) is 17.7. The molecule has 0 fully saturated rings. The molecule has 0 atom stereocenters. The van der Waals surface area contributed by atoms with Gasteiger partial charge in [0, 0.05) is 52.5 Å². The third-order valence-electron chi connectivity index (χ3n) is 10.0. The predicted octanol–water partition coefficient (Wildman–Crippen LogP) is 9.33. The molecule has 0 bridgehead atoms. The maximum Gasteiger partial charge on any atom is 0.247 e. The zero-order valence-electron chi connectivity index (χ0n) is 25.2. The van der Waals surface area contributed by atoms with Gasteiger partial charge in [0.2, 0.25) is 6.71 Å². The molecule has 0 aliphatic carbocycles. The van der Waals surface area contributed by atoms with Gasteiger partial charge in [-0.15, -0.1) is 0 Å². The summed E-state index contributed by atoms with van der Waals surface area (Å²) < 4.78 is 5.01. The topological polar surface area (TPSA) is 9.86 Å². The Balaban J connectivity index is 1.28. The molecular formula is C42H25BN2S2. The minimum Gasteiger partial charge on any atom is -0.307 e. The van der Waals surface area contributed by atoms with Crippen LogP contribution in [0.3, 0.4) is 0 Å². The lowest BCUT2D eigenvalue weighted by molar-refractivity contribution is 1.13. The summed E-state index contributed by atoms with van der Waals surface area (Å²) in [6, 6.07) is 56.1. The van der Waals surface area contributed by atoms with E-state index >= 15 is 0 Å². The van der Waals surface area contributed by atoms with Gasteiger partial charge in [0.15, 0.2) is 0 Å². The summed E-state index contributed by atoms with van der Waals surface area (Å²) in [5.74, 6) is 0. The van der Waals surface area contributed by atoms with Gasteiger partial charge in [-0.05, 0) is 54.0 Å². The van der Waals surface area contributed by atoms with E-state index in [1.165, 1.54) is 91.0 Å². The average molecular weight is 633 g/mol. The second kappa shape index (κ2) is 9.71. The van der Waals surface area contributed by atoms with Crippen molar-refractivity contribution >= 4 is 90.2 Å². The maximum atomic E-state index is 2.54. The third kappa shape index (κ3) is 3.56. The summed E-state index contributed by atoms with van der Waals surface area (Å²) >= 11 is 3.84. The Hall–Kier alpha value is -5.10. The molecule has 218 valence electrons. The molecule has 0 N–H and O–H groups in total. The lowest BCUT2D eigenvalue weighted by Crippen LogP contribution is -2.58. The lowest BCUT2D eigenvalue weighted by Gasteiger charge is -2.33. The van der Waals surface area contributed by atoms with Gasteiger partial charge in [0.05, 0.1) is 22.1 Å². The number of benzene rings is 7. The molecule has 9 aromatic rings. The molecule has 2 aromatic heterocycles. The van der Waals surface area contributed by atoms with Crippen molar-refractivity contribution in [2.75, 3.05) is 0 Å². The van der Waals surface area contributed by atoms with Crippen LogP contribution in [0.15, 0.2) is 171 Å². The van der Waals surface area contributed by atoms with Crippen molar-refractivity contribution in [3.8, 4) is 11.4 Å². The Labute approximate surface area is 280 Å². The van der Waals surface area contributed by atoms with Crippen molar-refractivity contribution in [3.05, 3.63) is 152 Å². The number of aromatic nitrogens is 2. The van der Waals surface area contributed by atoms with E-state index in [1.54, 1.807) is 0 Å². The van der Waals surface area contributed by atoms with E-state index in [1.807, 2.05) is 23.5 Å². The monoisotopic (exact) mass is 632 g/mol. The number of hydrogen-bond donors (Lipinski definition) is 0. The van der Waals surface area contributed by atoms with Crippen LogP contribution in [0.25, 0.3) is 55.0 Å². The number of rotatable bonds is 2. The molecule has 0 unspecified atom stereocenters. The highest BCUT2D eigenvalue weighted by atomic mass is 32.2. The minimum atomic E-state index is 0.245. The molecule has 2 nitrogen and oxygen atoms in total. The zero-order valence-corrected chi connectivity index (χ0v) is 26.9. The number of hydrogen-bond acceptors (Lipinski definition) is 2. The van der Waals surface area contributed by atoms with E-state index in [2.05, 4.69) is 161 Å². The van der Waals surface area contributed by atoms with E-state index < -0.39 is 0 Å². The van der Waals surface area contributed by atoms with Crippen LogP contribution in [0.2, 0.25) is 0 Å². The Bertz CT molecular complexity index is 2690. The standard InChI is InChI=1S/C42H25BN2S2/c1-2-12-26(13-3-1)44-34-18-8-4-14-28(34)30-22-23-31-29-15-5-9-19-35(29)45(42(31)41(30)44)27-24-38-40-39(25-27)47-37-21-11-7-17-33(37)43(40)32-16-6-10-20-36(32)46-38/h1-25H. The van der Waals surface area contributed by atoms with Crippen molar-refractivity contribution in [2.45, 2.75) is 19.6 Å². The van der Waals surface area contributed by atoms with Gasteiger partial charge in [-0.1, -0.05) is 138 Å². The van der Waals surface area contributed by atoms with Crippen LogP contribution in [0, 0.1) is 0 Å². The molecule has 7 aromatic carbocycles. The summed E-state index contributed by atoms with van der Waals surface area (Å²) in [7, 11) is 0. The number of nitrogens with zero attached hydrogens (tertiary/aromatic N) is 2. The van der Waals surface area contributed by atoms with E-state index in [0.717, 1.165) is 0 Å². The van der Waals surface area contributed by atoms with Gasteiger partial charge in [-0.25, -0.2) is 0 Å². The molecular weight excluding hydrogens is 607 g/mol. The molecule has 0 saturated carbocycles. The molecule has 2 aliphatic rings. The molecule has 47 heavy (non-hydrogen) atoms. The molecule has 0 saturated heterocycles. The molecule has 4 heterocycles. The van der Waals surface area contributed by atoms with Crippen LogP contribution in [0.4, 0.5) is 0 Å². The van der Waals surface area contributed by atoms with Crippen LogP contribution >= 0.6 is 23.5 Å². The van der Waals surface area contributed by atoms with E-state index in [-0.39, 0.29) is 6.71 Å². The van der Waals surface area contributed by atoms with Crippen LogP contribution < -0.4 is 16.4 Å². The highest BCUT2D eigenvalue weighted by Crippen LogP contribution is 2.44. The van der Waals surface area contributed by atoms with E-state index in [9.17, 15) is 0 Å². The second-order valence-corrected chi connectivity index (χ2v) is 14.6. The van der Waals surface area contributed by atoms with Gasteiger partial charge >= 0.3 is 0 Å². The smallest absolute Gasteiger partial charge is 0.247 e. The Morgan fingerprint density at radius 1 is 0.383 bits per heavy atom. The van der Waals surface area contributed by atoms with Crippen LogP contribution in [0.5, 0.6) is 0 Å². The number of fused-ring (bicyclic) bond motifs is 11. The average Bonchev–Trinajstić information content (AvgIpc) is 3.65. The van der Waals surface area contributed by atoms with Gasteiger partial charge in [0.1, 0.15) is 0 Å². The van der Waals surface area contributed by atoms with Crippen LogP contribution in [-0.4, -0.2) is 15.8 Å². The summed E-state index contributed by atoms with van der Waals surface area (Å²) in [5, 5.41) is 5.09.